The van der Waals surface area contributed by atoms with Crippen LogP contribution in [0.2, 0.25) is 0 Å². The first kappa shape index (κ1) is 11.3. The number of hydrogen-bond acceptors (Lipinski definition) is 1. The van der Waals surface area contributed by atoms with Crippen LogP contribution < -0.4 is 0 Å². The van der Waals surface area contributed by atoms with E-state index in [0.717, 1.165) is 12.0 Å². The first-order valence-corrected chi connectivity index (χ1v) is 4.95. The number of rotatable bonds is 3. The minimum absolute atomic E-state index is 0.0177. The van der Waals surface area contributed by atoms with Crippen LogP contribution in [0.15, 0.2) is 24.3 Å². The van der Waals surface area contributed by atoms with Crippen molar-refractivity contribution in [3.05, 3.63) is 35.4 Å². The van der Waals surface area contributed by atoms with Gasteiger partial charge in [0.25, 0.3) is 0 Å². The van der Waals surface area contributed by atoms with Crippen molar-refractivity contribution in [1.29, 1.82) is 0 Å². The van der Waals surface area contributed by atoms with Crippen LogP contribution in [-0.4, -0.2) is 10.6 Å². The van der Waals surface area contributed by atoms with E-state index in [2.05, 4.69) is 0 Å². The summed E-state index contributed by atoms with van der Waals surface area (Å²) in [4.78, 5) is 7.60. The van der Waals surface area contributed by atoms with E-state index in [1.165, 1.54) is 12.1 Å². The van der Waals surface area contributed by atoms with Crippen LogP contribution in [-0.2, 0) is 6.42 Å². The SMILES string of the molecule is CCc1ccc(C(=O)C(F)(F)Br)cc1. The van der Waals surface area contributed by atoms with E-state index in [1.807, 2.05) is 22.9 Å². The summed E-state index contributed by atoms with van der Waals surface area (Å²) >= 11 is 2.03. The summed E-state index contributed by atoms with van der Waals surface area (Å²) in [6.45, 7) is 1.95. The molecule has 0 spiro atoms. The molecule has 14 heavy (non-hydrogen) atoms. The van der Waals surface area contributed by atoms with E-state index in [4.69, 9.17) is 0 Å². The van der Waals surface area contributed by atoms with Gasteiger partial charge in [-0.25, -0.2) is 0 Å². The summed E-state index contributed by atoms with van der Waals surface area (Å²) in [6.07, 6.45) is 0.819. The van der Waals surface area contributed by atoms with Crippen LogP contribution in [0.5, 0.6) is 0 Å². The smallest absolute Gasteiger partial charge is 0.286 e. The Morgan fingerprint density at radius 2 is 1.86 bits per heavy atom. The number of carbonyl (C=O) groups is 1. The second-order valence-corrected chi connectivity index (χ2v) is 3.87. The van der Waals surface area contributed by atoms with Gasteiger partial charge in [-0.15, -0.1) is 0 Å². The molecule has 1 nitrogen and oxygen atoms in total. The second-order valence-electron chi connectivity index (χ2n) is 2.88. The van der Waals surface area contributed by atoms with Crippen molar-refractivity contribution in [1.82, 2.24) is 0 Å². The van der Waals surface area contributed by atoms with Crippen LogP contribution in [0.25, 0.3) is 0 Å². The van der Waals surface area contributed by atoms with Crippen molar-refractivity contribution in [2.45, 2.75) is 18.2 Å². The van der Waals surface area contributed by atoms with Gasteiger partial charge in [0.15, 0.2) is 0 Å². The van der Waals surface area contributed by atoms with E-state index in [1.54, 1.807) is 12.1 Å². The molecule has 0 aliphatic rings. The summed E-state index contributed by atoms with van der Waals surface area (Å²) in [5.41, 5.74) is 1.03. The lowest BCUT2D eigenvalue weighted by Crippen LogP contribution is -2.20. The van der Waals surface area contributed by atoms with Crippen molar-refractivity contribution in [2.75, 3.05) is 0 Å². The number of ketones is 1. The van der Waals surface area contributed by atoms with Gasteiger partial charge in [0, 0.05) is 5.56 Å². The van der Waals surface area contributed by atoms with Gasteiger partial charge >= 0.3 is 4.83 Å². The number of halogens is 3. The average molecular weight is 263 g/mol. The van der Waals surface area contributed by atoms with Crippen LogP contribution in [0.1, 0.15) is 22.8 Å². The van der Waals surface area contributed by atoms with Gasteiger partial charge in [-0.05, 0) is 27.9 Å². The highest BCUT2D eigenvalue weighted by atomic mass is 79.9. The van der Waals surface area contributed by atoms with Crippen LogP contribution >= 0.6 is 15.9 Å². The normalized spacial score (nSPS) is 11.4. The van der Waals surface area contributed by atoms with E-state index >= 15 is 0 Å². The predicted octanol–water partition coefficient (Wildman–Crippen LogP) is 3.42. The third kappa shape index (κ3) is 2.61. The Morgan fingerprint density at radius 1 is 1.36 bits per heavy atom. The number of alkyl halides is 3. The molecule has 0 aliphatic carbocycles. The molecule has 0 aromatic heterocycles. The number of carbonyl (C=O) groups excluding carboxylic acids is 1. The highest BCUT2D eigenvalue weighted by molar-refractivity contribution is 9.10. The highest BCUT2D eigenvalue weighted by Crippen LogP contribution is 2.26. The Balaban J connectivity index is 2.93. The topological polar surface area (TPSA) is 17.1 Å². The molecule has 0 saturated heterocycles. The Labute approximate surface area is 89.3 Å². The maximum absolute atomic E-state index is 12.6. The molecule has 0 heterocycles. The second kappa shape index (κ2) is 4.17. The highest BCUT2D eigenvalue weighted by Gasteiger charge is 2.35. The lowest BCUT2D eigenvalue weighted by atomic mass is 10.1. The molecule has 1 aromatic rings. The molecule has 0 aliphatic heterocycles. The largest absolute Gasteiger partial charge is 0.363 e. The minimum atomic E-state index is -3.47. The van der Waals surface area contributed by atoms with Crippen molar-refractivity contribution in [3.8, 4) is 0 Å². The number of hydrogen-bond donors (Lipinski definition) is 0. The van der Waals surface area contributed by atoms with Gasteiger partial charge < -0.3 is 0 Å². The molecule has 0 bridgehead atoms. The van der Waals surface area contributed by atoms with Gasteiger partial charge in [0.2, 0.25) is 5.78 Å². The zero-order valence-electron chi connectivity index (χ0n) is 7.56. The molecule has 1 aromatic carbocycles. The lowest BCUT2D eigenvalue weighted by molar-refractivity contribution is 0.0592. The fraction of sp³-hybridized carbons (Fsp3) is 0.300. The van der Waals surface area contributed by atoms with E-state index in [0.29, 0.717) is 0 Å². The minimum Gasteiger partial charge on any atom is -0.286 e. The fourth-order valence-electron chi connectivity index (χ4n) is 1.06. The molecule has 1 rings (SSSR count). The first-order valence-electron chi connectivity index (χ1n) is 4.15. The zero-order valence-corrected chi connectivity index (χ0v) is 9.14. The van der Waals surface area contributed by atoms with Crippen molar-refractivity contribution >= 4 is 21.7 Å². The molecule has 0 N–H and O–H groups in total. The third-order valence-electron chi connectivity index (χ3n) is 1.88. The maximum Gasteiger partial charge on any atom is 0.363 e. The van der Waals surface area contributed by atoms with Gasteiger partial charge in [-0.1, -0.05) is 31.2 Å². The molecule has 0 radical (unpaired) electrons. The lowest BCUT2D eigenvalue weighted by Gasteiger charge is -2.06. The molecular formula is C10H9BrF2O. The van der Waals surface area contributed by atoms with E-state index < -0.39 is 10.6 Å². The quantitative estimate of drug-likeness (QED) is 0.603. The molecule has 0 amide bonds. The van der Waals surface area contributed by atoms with Crippen molar-refractivity contribution in [2.24, 2.45) is 0 Å². The fourth-order valence-corrected chi connectivity index (χ4v) is 1.28. The third-order valence-corrected chi connectivity index (χ3v) is 2.24. The molecule has 0 unspecified atom stereocenters. The Kier molecular flexibility index (Phi) is 3.37. The van der Waals surface area contributed by atoms with Crippen molar-refractivity contribution in [3.63, 3.8) is 0 Å². The predicted molar refractivity (Wildman–Crippen MR) is 54.0 cm³/mol. The summed E-state index contributed by atoms with van der Waals surface area (Å²) in [6, 6.07) is 6.17. The molecule has 0 saturated carbocycles. The Bertz CT molecular complexity index is 327. The maximum atomic E-state index is 12.6. The molecule has 4 heteroatoms. The average Bonchev–Trinajstić information content (AvgIpc) is 2.15. The standard InChI is InChI=1S/C10H9BrF2O/c1-2-7-3-5-8(6-4-7)9(14)10(11,12)13/h3-6H,2H2,1H3. The van der Waals surface area contributed by atoms with Gasteiger partial charge in [-0.3, -0.25) is 4.79 Å². The van der Waals surface area contributed by atoms with Crippen LogP contribution in [0.4, 0.5) is 8.78 Å². The van der Waals surface area contributed by atoms with Gasteiger partial charge in [0.05, 0.1) is 0 Å². The Morgan fingerprint density at radius 3 is 2.21 bits per heavy atom. The monoisotopic (exact) mass is 262 g/mol. The summed E-state index contributed by atoms with van der Waals surface area (Å²) in [5.74, 6) is -1.21. The summed E-state index contributed by atoms with van der Waals surface area (Å²) < 4.78 is 25.1. The molecule has 0 fully saturated rings. The zero-order chi connectivity index (χ0) is 10.8. The molecule has 76 valence electrons. The molecule has 0 atom stereocenters. The summed E-state index contributed by atoms with van der Waals surface area (Å²) in [5, 5.41) is 0. The first-order chi connectivity index (χ1) is 6.45. The van der Waals surface area contributed by atoms with Gasteiger partial charge in [-0.2, -0.15) is 8.78 Å². The van der Waals surface area contributed by atoms with Crippen LogP contribution in [0, 0.1) is 0 Å². The summed E-state index contributed by atoms with van der Waals surface area (Å²) in [7, 11) is 0. The van der Waals surface area contributed by atoms with Crippen LogP contribution in [0.3, 0.4) is 0 Å². The van der Waals surface area contributed by atoms with Crippen molar-refractivity contribution < 1.29 is 13.6 Å². The van der Waals surface area contributed by atoms with E-state index in [-0.39, 0.29) is 5.56 Å². The number of aryl methyl sites for hydroxylation is 1. The number of Topliss-reactive ketones (excluding diaryl/α,β-unsaturated/α-hetero) is 1. The van der Waals surface area contributed by atoms with Gasteiger partial charge in [0.1, 0.15) is 0 Å². The van der Waals surface area contributed by atoms with E-state index in [9.17, 15) is 13.6 Å². The Hall–Kier alpha value is -0.770. The molecular weight excluding hydrogens is 254 g/mol. The number of benzene rings is 1.